The third kappa shape index (κ3) is 3.11. The van der Waals surface area contributed by atoms with Crippen LogP contribution in [-0.4, -0.2) is 16.2 Å². The van der Waals surface area contributed by atoms with Crippen molar-refractivity contribution >= 4 is 0 Å². The van der Waals surface area contributed by atoms with Gasteiger partial charge in [0, 0.05) is 18.3 Å². The molecule has 0 amide bonds. The van der Waals surface area contributed by atoms with Gasteiger partial charge in [-0.2, -0.15) is 0 Å². The van der Waals surface area contributed by atoms with Crippen molar-refractivity contribution in [3.05, 3.63) is 29.6 Å². The molecule has 2 unspecified atom stereocenters. The standard InChI is InChI=1S/C12H19NO/c1-4-10(3)12(14)7-11-6-5-9(2)8-13-11/h5-6,8,10,12,14H,4,7H2,1-3H3. The van der Waals surface area contributed by atoms with Gasteiger partial charge in [-0.25, -0.2) is 0 Å². The lowest BCUT2D eigenvalue weighted by atomic mass is 9.98. The molecule has 2 heteroatoms. The van der Waals surface area contributed by atoms with Crippen molar-refractivity contribution in [1.82, 2.24) is 4.98 Å². The number of hydrogen-bond acceptors (Lipinski definition) is 2. The van der Waals surface area contributed by atoms with Gasteiger partial charge in [-0.05, 0) is 24.5 Å². The zero-order chi connectivity index (χ0) is 10.6. The fraction of sp³-hybridized carbons (Fsp3) is 0.583. The zero-order valence-corrected chi connectivity index (χ0v) is 9.20. The summed E-state index contributed by atoms with van der Waals surface area (Å²) in [4.78, 5) is 4.27. The summed E-state index contributed by atoms with van der Waals surface area (Å²) in [6.07, 6.45) is 3.25. The van der Waals surface area contributed by atoms with E-state index in [-0.39, 0.29) is 6.10 Å². The molecule has 0 aliphatic rings. The summed E-state index contributed by atoms with van der Waals surface area (Å²) >= 11 is 0. The van der Waals surface area contributed by atoms with Gasteiger partial charge < -0.3 is 5.11 Å². The fourth-order valence-corrected chi connectivity index (χ4v) is 1.31. The predicted molar refractivity (Wildman–Crippen MR) is 58.1 cm³/mol. The second kappa shape index (κ2) is 5.11. The van der Waals surface area contributed by atoms with E-state index in [0.29, 0.717) is 12.3 Å². The van der Waals surface area contributed by atoms with E-state index in [2.05, 4.69) is 18.8 Å². The Bertz CT molecular complexity index is 268. The zero-order valence-electron chi connectivity index (χ0n) is 9.20. The van der Waals surface area contributed by atoms with Gasteiger partial charge in [0.1, 0.15) is 0 Å². The van der Waals surface area contributed by atoms with Gasteiger partial charge in [0.25, 0.3) is 0 Å². The first-order valence-electron chi connectivity index (χ1n) is 5.23. The van der Waals surface area contributed by atoms with E-state index in [9.17, 15) is 5.11 Å². The highest BCUT2D eigenvalue weighted by Crippen LogP contribution is 2.12. The van der Waals surface area contributed by atoms with Crippen LogP contribution in [0.2, 0.25) is 0 Å². The van der Waals surface area contributed by atoms with Crippen molar-refractivity contribution in [3.63, 3.8) is 0 Å². The molecule has 0 fully saturated rings. The molecule has 0 saturated heterocycles. The van der Waals surface area contributed by atoms with Gasteiger partial charge in [0.15, 0.2) is 0 Å². The molecule has 1 heterocycles. The van der Waals surface area contributed by atoms with Crippen molar-refractivity contribution in [2.75, 3.05) is 0 Å². The van der Waals surface area contributed by atoms with Gasteiger partial charge in [-0.3, -0.25) is 4.98 Å². The first-order valence-corrected chi connectivity index (χ1v) is 5.23. The van der Waals surface area contributed by atoms with Gasteiger partial charge in [-0.1, -0.05) is 26.3 Å². The van der Waals surface area contributed by atoms with E-state index >= 15 is 0 Å². The largest absolute Gasteiger partial charge is 0.392 e. The molecular formula is C12H19NO. The number of aliphatic hydroxyl groups excluding tert-OH is 1. The van der Waals surface area contributed by atoms with Gasteiger partial charge >= 0.3 is 0 Å². The van der Waals surface area contributed by atoms with Crippen molar-refractivity contribution in [1.29, 1.82) is 0 Å². The Morgan fingerprint density at radius 2 is 2.14 bits per heavy atom. The molecule has 1 N–H and O–H groups in total. The maximum atomic E-state index is 9.80. The molecule has 0 radical (unpaired) electrons. The summed E-state index contributed by atoms with van der Waals surface area (Å²) in [5.74, 6) is 0.345. The molecule has 1 aromatic heterocycles. The minimum Gasteiger partial charge on any atom is -0.392 e. The van der Waals surface area contributed by atoms with Crippen LogP contribution in [0, 0.1) is 12.8 Å². The van der Waals surface area contributed by atoms with E-state index < -0.39 is 0 Å². The van der Waals surface area contributed by atoms with Crippen molar-refractivity contribution in [3.8, 4) is 0 Å². The van der Waals surface area contributed by atoms with Gasteiger partial charge in [0.05, 0.1) is 6.10 Å². The highest BCUT2D eigenvalue weighted by atomic mass is 16.3. The average Bonchev–Trinajstić information content (AvgIpc) is 2.20. The minimum atomic E-state index is -0.268. The summed E-state index contributed by atoms with van der Waals surface area (Å²) in [6.45, 7) is 6.18. The van der Waals surface area contributed by atoms with E-state index in [0.717, 1.165) is 17.7 Å². The van der Waals surface area contributed by atoms with E-state index in [4.69, 9.17) is 0 Å². The molecule has 1 rings (SSSR count). The molecule has 78 valence electrons. The first-order chi connectivity index (χ1) is 6.63. The molecule has 0 aliphatic heterocycles. The van der Waals surface area contributed by atoms with Crippen molar-refractivity contribution in [2.45, 2.75) is 39.7 Å². The summed E-state index contributed by atoms with van der Waals surface area (Å²) < 4.78 is 0. The molecular weight excluding hydrogens is 174 g/mol. The van der Waals surface area contributed by atoms with Crippen LogP contribution < -0.4 is 0 Å². The fourth-order valence-electron chi connectivity index (χ4n) is 1.31. The van der Waals surface area contributed by atoms with Gasteiger partial charge in [0.2, 0.25) is 0 Å². The highest BCUT2D eigenvalue weighted by Gasteiger charge is 2.12. The second-order valence-corrected chi connectivity index (χ2v) is 3.98. The Labute approximate surface area is 86.0 Å². The Hall–Kier alpha value is -0.890. The monoisotopic (exact) mass is 193 g/mol. The topological polar surface area (TPSA) is 33.1 Å². The molecule has 14 heavy (non-hydrogen) atoms. The molecule has 1 aromatic rings. The molecule has 0 aliphatic carbocycles. The summed E-state index contributed by atoms with van der Waals surface area (Å²) in [7, 11) is 0. The van der Waals surface area contributed by atoms with Crippen molar-refractivity contribution in [2.24, 2.45) is 5.92 Å². The Morgan fingerprint density at radius 1 is 1.43 bits per heavy atom. The summed E-state index contributed by atoms with van der Waals surface area (Å²) in [5.41, 5.74) is 2.13. The maximum absolute atomic E-state index is 9.80. The van der Waals surface area contributed by atoms with Crippen LogP contribution in [0.25, 0.3) is 0 Å². The number of hydrogen-bond donors (Lipinski definition) is 1. The Morgan fingerprint density at radius 3 is 2.64 bits per heavy atom. The number of rotatable bonds is 4. The first kappa shape index (κ1) is 11.2. The lowest BCUT2D eigenvalue weighted by molar-refractivity contribution is 0.114. The molecule has 2 atom stereocenters. The smallest absolute Gasteiger partial charge is 0.0621 e. The van der Waals surface area contributed by atoms with Crippen LogP contribution in [0.3, 0.4) is 0 Å². The Balaban J connectivity index is 2.56. The van der Waals surface area contributed by atoms with Crippen LogP contribution in [-0.2, 0) is 6.42 Å². The van der Waals surface area contributed by atoms with Crippen molar-refractivity contribution < 1.29 is 5.11 Å². The van der Waals surface area contributed by atoms with Gasteiger partial charge in [-0.15, -0.1) is 0 Å². The predicted octanol–water partition coefficient (Wildman–Crippen LogP) is 2.34. The number of aryl methyl sites for hydroxylation is 1. The number of aliphatic hydroxyl groups is 1. The van der Waals surface area contributed by atoms with E-state index in [1.807, 2.05) is 25.3 Å². The Kier molecular flexibility index (Phi) is 4.08. The van der Waals surface area contributed by atoms with Crippen LogP contribution >= 0.6 is 0 Å². The summed E-state index contributed by atoms with van der Waals surface area (Å²) in [5, 5.41) is 9.80. The van der Waals surface area contributed by atoms with Crippen LogP contribution in [0.5, 0.6) is 0 Å². The molecule has 0 bridgehead atoms. The van der Waals surface area contributed by atoms with Crippen LogP contribution in [0.4, 0.5) is 0 Å². The quantitative estimate of drug-likeness (QED) is 0.796. The minimum absolute atomic E-state index is 0.268. The number of pyridine rings is 1. The maximum Gasteiger partial charge on any atom is 0.0621 e. The number of aromatic nitrogens is 1. The summed E-state index contributed by atoms with van der Waals surface area (Å²) in [6, 6.07) is 4.02. The van der Waals surface area contributed by atoms with Crippen LogP contribution in [0.1, 0.15) is 31.5 Å². The SMILES string of the molecule is CCC(C)C(O)Cc1ccc(C)cn1. The van der Waals surface area contributed by atoms with Crippen LogP contribution in [0.15, 0.2) is 18.3 Å². The van der Waals surface area contributed by atoms with E-state index in [1.165, 1.54) is 0 Å². The highest BCUT2D eigenvalue weighted by molar-refractivity contribution is 5.12. The second-order valence-electron chi connectivity index (χ2n) is 3.98. The molecule has 2 nitrogen and oxygen atoms in total. The average molecular weight is 193 g/mol. The number of nitrogens with zero attached hydrogens (tertiary/aromatic N) is 1. The lowest BCUT2D eigenvalue weighted by Crippen LogP contribution is -2.20. The third-order valence-corrected chi connectivity index (χ3v) is 2.69. The third-order valence-electron chi connectivity index (χ3n) is 2.69. The molecule has 0 saturated carbocycles. The molecule has 0 aromatic carbocycles. The van der Waals surface area contributed by atoms with E-state index in [1.54, 1.807) is 0 Å². The normalized spacial score (nSPS) is 15.1. The molecule has 0 spiro atoms. The lowest BCUT2D eigenvalue weighted by Gasteiger charge is -2.16.